The van der Waals surface area contributed by atoms with Crippen molar-refractivity contribution in [2.24, 2.45) is 5.73 Å². The van der Waals surface area contributed by atoms with Crippen LogP contribution >= 0.6 is 11.6 Å². The van der Waals surface area contributed by atoms with Crippen molar-refractivity contribution in [2.75, 3.05) is 6.54 Å². The summed E-state index contributed by atoms with van der Waals surface area (Å²) in [6.07, 6.45) is 3.47. The van der Waals surface area contributed by atoms with Crippen LogP contribution in [0, 0.1) is 0 Å². The van der Waals surface area contributed by atoms with Crippen LogP contribution in [0.15, 0.2) is 4.79 Å². The lowest BCUT2D eigenvalue weighted by Crippen LogP contribution is -2.32. The Morgan fingerprint density at radius 3 is 3.00 bits per heavy atom. The standard InChI is InChI=1S/C10H14ClN3O/c11-9-7(4-5-12)10(15)14-6-2-1-3-8(14)13-9/h1-6,12H2. The number of nitrogens with two attached hydrogens (primary N) is 1. The van der Waals surface area contributed by atoms with Crippen LogP contribution in [0.2, 0.25) is 5.15 Å². The topological polar surface area (TPSA) is 60.9 Å². The highest BCUT2D eigenvalue weighted by molar-refractivity contribution is 6.30. The summed E-state index contributed by atoms with van der Waals surface area (Å²) in [6.45, 7) is 1.19. The lowest BCUT2D eigenvalue weighted by molar-refractivity contribution is 0.492. The molecule has 1 aliphatic heterocycles. The summed E-state index contributed by atoms with van der Waals surface area (Å²) in [6, 6.07) is 0. The Balaban J connectivity index is 2.54. The summed E-state index contributed by atoms with van der Waals surface area (Å²) in [5.41, 5.74) is 6.00. The Morgan fingerprint density at radius 2 is 2.27 bits per heavy atom. The number of hydrogen-bond acceptors (Lipinski definition) is 3. The van der Waals surface area contributed by atoms with Crippen LogP contribution in [0.25, 0.3) is 0 Å². The van der Waals surface area contributed by atoms with E-state index in [2.05, 4.69) is 4.98 Å². The van der Waals surface area contributed by atoms with Crippen LogP contribution in [0.5, 0.6) is 0 Å². The first kappa shape index (κ1) is 10.6. The van der Waals surface area contributed by atoms with E-state index in [4.69, 9.17) is 17.3 Å². The Morgan fingerprint density at radius 1 is 1.47 bits per heavy atom. The molecule has 2 heterocycles. The van der Waals surface area contributed by atoms with Crippen molar-refractivity contribution in [1.29, 1.82) is 0 Å². The largest absolute Gasteiger partial charge is 0.330 e. The number of rotatable bonds is 2. The number of halogens is 1. The minimum atomic E-state index is -0.00449. The molecule has 1 aromatic heterocycles. The fourth-order valence-corrected chi connectivity index (χ4v) is 2.21. The lowest BCUT2D eigenvalue weighted by Gasteiger charge is -2.18. The summed E-state index contributed by atoms with van der Waals surface area (Å²) in [7, 11) is 0. The molecule has 2 N–H and O–H groups in total. The third-order valence-electron chi connectivity index (χ3n) is 2.72. The molecular formula is C10H14ClN3O. The lowest BCUT2D eigenvalue weighted by atomic mass is 10.1. The van der Waals surface area contributed by atoms with Crippen molar-refractivity contribution in [2.45, 2.75) is 32.2 Å². The van der Waals surface area contributed by atoms with Gasteiger partial charge in [-0.3, -0.25) is 9.36 Å². The van der Waals surface area contributed by atoms with Gasteiger partial charge in [0.2, 0.25) is 0 Å². The minimum Gasteiger partial charge on any atom is -0.330 e. The molecule has 15 heavy (non-hydrogen) atoms. The summed E-state index contributed by atoms with van der Waals surface area (Å²) in [5, 5.41) is 0.332. The van der Waals surface area contributed by atoms with Gasteiger partial charge in [0.05, 0.1) is 5.56 Å². The molecule has 0 aromatic carbocycles. The van der Waals surface area contributed by atoms with Crippen molar-refractivity contribution < 1.29 is 0 Å². The van der Waals surface area contributed by atoms with Crippen LogP contribution in [-0.2, 0) is 19.4 Å². The van der Waals surface area contributed by atoms with Crippen molar-refractivity contribution >= 4 is 11.6 Å². The molecule has 0 atom stereocenters. The summed E-state index contributed by atoms with van der Waals surface area (Å²) in [4.78, 5) is 16.3. The van der Waals surface area contributed by atoms with Gasteiger partial charge in [-0.2, -0.15) is 0 Å². The van der Waals surface area contributed by atoms with Gasteiger partial charge in [-0.05, 0) is 25.8 Å². The molecule has 0 fully saturated rings. The molecule has 2 rings (SSSR count). The maximum absolute atomic E-state index is 12.0. The molecule has 0 saturated carbocycles. The number of aromatic nitrogens is 2. The molecule has 0 radical (unpaired) electrons. The highest BCUT2D eigenvalue weighted by Gasteiger charge is 2.17. The van der Waals surface area contributed by atoms with E-state index in [1.54, 1.807) is 4.57 Å². The molecule has 82 valence electrons. The van der Waals surface area contributed by atoms with E-state index in [-0.39, 0.29) is 5.56 Å². The summed E-state index contributed by atoms with van der Waals surface area (Å²) in [5.74, 6) is 0.817. The van der Waals surface area contributed by atoms with Gasteiger partial charge in [-0.1, -0.05) is 11.6 Å². The normalized spacial score (nSPS) is 15.1. The molecule has 0 amide bonds. The van der Waals surface area contributed by atoms with Crippen LogP contribution in [0.3, 0.4) is 0 Å². The minimum absolute atomic E-state index is 0.00449. The Bertz CT molecular complexity index is 427. The van der Waals surface area contributed by atoms with Crippen molar-refractivity contribution in [1.82, 2.24) is 9.55 Å². The van der Waals surface area contributed by atoms with E-state index in [0.29, 0.717) is 23.7 Å². The number of nitrogens with zero attached hydrogens (tertiary/aromatic N) is 2. The summed E-state index contributed by atoms with van der Waals surface area (Å²) < 4.78 is 1.74. The van der Waals surface area contributed by atoms with Crippen LogP contribution in [-0.4, -0.2) is 16.1 Å². The van der Waals surface area contributed by atoms with Gasteiger partial charge < -0.3 is 5.73 Å². The molecule has 5 heteroatoms. The summed E-state index contributed by atoms with van der Waals surface area (Å²) >= 11 is 5.97. The van der Waals surface area contributed by atoms with Gasteiger partial charge in [-0.25, -0.2) is 4.98 Å². The Hall–Kier alpha value is -0.870. The van der Waals surface area contributed by atoms with Crippen LogP contribution < -0.4 is 11.3 Å². The fraction of sp³-hybridized carbons (Fsp3) is 0.600. The molecule has 0 bridgehead atoms. The third kappa shape index (κ3) is 1.92. The van der Waals surface area contributed by atoms with Crippen molar-refractivity contribution in [3.8, 4) is 0 Å². The van der Waals surface area contributed by atoms with Crippen molar-refractivity contribution in [3.63, 3.8) is 0 Å². The second-order valence-corrected chi connectivity index (χ2v) is 4.11. The van der Waals surface area contributed by atoms with Gasteiger partial charge >= 0.3 is 0 Å². The number of fused-ring (bicyclic) bond motifs is 1. The van der Waals surface area contributed by atoms with Gasteiger partial charge in [-0.15, -0.1) is 0 Å². The van der Waals surface area contributed by atoms with Crippen LogP contribution in [0.4, 0.5) is 0 Å². The monoisotopic (exact) mass is 227 g/mol. The fourth-order valence-electron chi connectivity index (χ4n) is 1.94. The van der Waals surface area contributed by atoms with E-state index in [9.17, 15) is 4.79 Å². The highest BCUT2D eigenvalue weighted by Crippen LogP contribution is 2.15. The second-order valence-electron chi connectivity index (χ2n) is 3.75. The SMILES string of the molecule is NCCc1c(Cl)nc2n(c1=O)CCCC2. The third-order valence-corrected chi connectivity index (χ3v) is 3.03. The predicted octanol–water partition coefficient (Wildman–Crippen LogP) is 0.734. The molecule has 1 aromatic rings. The Kier molecular flexibility index (Phi) is 3.07. The zero-order chi connectivity index (χ0) is 10.8. The van der Waals surface area contributed by atoms with Gasteiger partial charge in [0, 0.05) is 13.0 Å². The van der Waals surface area contributed by atoms with Gasteiger partial charge in [0.15, 0.2) is 0 Å². The molecular weight excluding hydrogens is 214 g/mol. The zero-order valence-corrected chi connectivity index (χ0v) is 9.26. The molecule has 0 saturated heterocycles. The molecule has 4 nitrogen and oxygen atoms in total. The molecule has 0 aliphatic carbocycles. The average molecular weight is 228 g/mol. The van der Waals surface area contributed by atoms with Gasteiger partial charge in [0.25, 0.3) is 5.56 Å². The first-order chi connectivity index (χ1) is 7.24. The maximum Gasteiger partial charge on any atom is 0.258 e. The molecule has 0 spiro atoms. The predicted molar refractivity (Wildman–Crippen MR) is 59.2 cm³/mol. The first-order valence-electron chi connectivity index (χ1n) is 5.22. The average Bonchev–Trinajstić information content (AvgIpc) is 2.24. The van der Waals surface area contributed by atoms with E-state index in [1.807, 2.05) is 0 Å². The number of hydrogen-bond donors (Lipinski definition) is 1. The quantitative estimate of drug-likeness (QED) is 0.758. The van der Waals surface area contributed by atoms with Gasteiger partial charge in [0.1, 0.15) is 11.0 Å². The van der Waals surface area contributed by atoms with E-state index in [0.717, 1.165) is 31.6 Å². The van der Waals surface area contributed by atoms with Crippen LogP contribution in [0.1, 0.15) is 24.2 Å². The number of aryl methyl sites for hydroxylation is 1. The zero-order valence-electron chi connectivity index (χ0n) is 8.50. The smallest absolute Gasteiger partial charge is 0.258 e. The van der Waals surface area contributed by atoms with E-state index < -0.39 is 0 Å². The van der Waals surface area contributed by atoms with E-state index >= 15 is 0 Å². The van der Waals surface area contributed by atoms with Crippen molar-refractivity contribution in [3.05, 3.63) is 26.9 Å². The maximum atomic E-state index is 12.0. The molecule has 1 aliphatic rings. The molecule has 0 unspecified atom stereocenters. The van der Waals surface area contributed by atoms with E-state index in [1.165, 1.54) is 0 Å². The second kappa shape index (κ2) is 4.33. The Labute approximate surface area is 93.1 Å². The highest BCUT2D eigenvalue weighted by atomic mass is 35.5. The first-order valence-corrected chi connectivity index (χ1v) is 5.60.